The third kappa shape index (κ3) is 1.01. The average Bonchev–Trinajstić information content (AvgIpc) is 2.44. The normalized spacial score (nSPS) is 11.0. The Morgan fingerprint density at radius 3 is 2.79 bits per heavy atom. The van der Waals surface area contributed by atoms with Gasteiger partial charge in [-0.25, -0.2) is 9.97 Å². The second kappa shape index (κ2) is 2.85. The molecular formula is C8H12N6. The Morgan fingerprint density at radius 2 is 2.14 bits per heavy atom. The Hall–Kier alpha value is -1.82. The van der Waals surface area contributed by atoms with Crippen molar-refractivity contribution in [2.45, 2.75) is 13.5 Å². The summed E-state index contributed by atoms with van der Waals surface area (Å²) in [6.07, 6.45) is 1.63. The molecule has 2 heterocycles. The van der Waals surface area contributed by atoms with Gasteiger partial charge in [0.05, 0.1) is 0 Å². The molecule has 2 aromatic rings. The Labute approximate surface area is 80.7 Å². The number of imidazole rings is 1. The molecule has 0 aliphatic carbocycles. The molecule has 0 bridgehead atoms. The van der Waals surface area contributed by atoms with E-state index in [0.717, 1.165) is 11.4 Å². The van der Waals surface area contributed by atoms with Gasteiger partial charge in [0.2, 0.25) is 0 Å². The van der Waals surface area contributed by atoms with Crippen molar-refractivity contribution in [3.05, 3.63) is 17.6 Å². The number of fused-ring (bicyclic) bond motifs is 1. The summed E-state index contributed by atoms with van der Waals surface area (Å²) in [7, 11) is 0. The minimum absolute atomic E-state index is 0.353. The molecule has 6 N–H and O–H groups in total. The van der Waals surface area contributed by atoms with Crippen LogP contribution in [0.5, 0.6) is 0 Å². The summed E-state index contributed by atoms with van der Waals surface area (Å²) in [6.45, 7) is 2.17. The highest BCUT2D eigenvalue weighted by Crippen LogP contribution is 2.18. The van der Waals surface area contributed by atoms with E-state index < -0.39 is 0 Å². The van der Waals surface area contributed by atoms with Crippen LogP contribution in [0.1, 0.15) is 11.4 Å². The summed E-state index contributed by atoms with van der Waals surface area (Å²) in [5, 5.41) is 0. The number of aromatic nitrogens is 3. The zero-order valence-electron chi connectivity index (χ0n) is 7.86. The third-order valence-electron chi connectivity index (χ3n) is 2.18. The zero-order chi connectivity index (χ0) is 10.3. The summed E-state index contributed by atoms with van der Waals surface area (Å²) >= 11 is 0. The molecule has 0 aliphatic heterocycles. The van der Waals surface area contributed by atoms with Crippen molar-refractivity contribution < 1.29 is 0 Å². The van der Waals surface area contributed by atoms with Crippen LogP contribution in [-0.4, -0.2) is 14.4 Å². The average molecular weight is 192 g/mol. The monoisotopic (exact) mass is 192 g/mol. The topological polar surface area (TPSA) is 108 Å². The van der Waals surface area contributed by atoms with E-state index in [1.165, 1.54) is 0 Å². The third-order valence-corrected chi connectivity index (χ3v) is 2.18. The van der Waals surface area contributed by atoms with Gasteiger partial charge in [-0.3, -0.25) is 4.40 Å². The van der Waals surface area contributed by atoms with Crippen LogP contribution in [0.4, 0.5) is 11.6 Å². The molecule has 14 heavy (non-hydrogen) atoms. The molecule has 0 aromatic carbocycles. The maximum absolute atomic E-state index is 5.89. The first-order valence-corrected chi connectivity index (χ1v) is 4.23. The van der Waals surface area contributed by atoms with Gasteiger partial charge in [0, 0.05) is 18.3 Å². The minimum atomic E-state index is 0.353. The van der Waals surface area contributed by atoms with Crippen molar-refractivity contribution in [3.63, 3.8) is 0 Å². The van der Waals surface area contributed by atoms with Crippen molar-refractivity contribution in [2.24, 2.45) is 5.73 Å². The predicted octanol–water partition coefficient (Wildman–Crippen LogP) is -0.339. The maximum Gasteiger partial charge on any atom is 0.182 e. The van der Waals surface area contributed by atoms with E-state index in [2.05, 4.69) is 9.97 Å². The largest absolute Gasteiger partial charge is 0.384 e. The highest BCUT2D eigenvalue weighted by molar-refractivity contribution is 5.65. The molecule has 6 heteroatoms. The van der Waals surface area contributed by atoms with Crippen LogP contribution in [0.2, 0.25) is 0 Å². The predicted molar refractivity (Wildman–Crippen MR) is 54.4 cm³/mol. The minimum Gasteiger partial charge on any atom is -0.384 e. The van der Waals surface area contributed by atoms with Crippen LogP contribution in [-0.2, 0) is 6.54 Å². The first kappa shape index (κ1) is 8.76. The molecule has 0 unspecified atom stereocenters. The summed E-state index contributed by atoms with van der Waals surface area (Å²) in [5.74, 6) is 1.66. The van der Waals surface area contributed by atoms with Crippen LogP contribution in [0, 0.1) is 6.92 Å². The summed E-state index contributed by atoms with van der Waals surface area (Å²) in [4.78, 5) is 8.23. The summed E-state index contributed by atoms with van der Waals surface area (Å²) in [6, 6.07) is 0. The maximum atomic E-state index is 5.89. The Bertz CT molecular complexity index is 486. The number of hydrogen-bond donors (Lipinski definition) is 3. The van der Waals surface area contributed by atoms with Crippen molar-refractivity contribution in [1.29, 1.82) is 0 Å². The van der Waals surface area contributed by atoms with Crippen LogP contribution in [0.25, 0.3) is 5.65 Å². The molecule has 0 radical (unpaired) electrons. The van der Waals surface area contributed by atoms with Gasteiger partial charge in [-0.1, -0.05) is 0 Å². The van der Waals surface area contributed by atoms with E-state index >= 15 is 0 Å². The van der Waals surface area contributed by atoms with E-state index in [0.29, 0.717) is 23.8 Å². The molecule has 6 nitrogen and oxygen atoms in total. The number of nitrogens with zero attached hydrogens (tertiary/aromatic N) is 3. The van der Waals surface area contributed by atoms with Gasteiger partial charge >= 0.3 is 0 Å². The van der Waals surface area contributed by atoms with Gasteiger partial charge in [0.25, 0.3) is 0 Å². The lowest BCUT2D eigenvalue weighted by Gasteiger charge is -2.05. The number of rotatable bonds is 1. The van der Waals surface area contributed by atoms with Crippen LogP contribution >= 0.6 is 0 Å². The first-order chi connectivity index (χ1) is 6.65. The van der Waals surface area contributed by atoms with Crippen molar-refractivity contribution >= 4 is 17.3 Å². The number of nitrogen functional groups attached to an aromatic ring is 2. The van der Waals surface area contributed by atoms with E-state index in [1.54, 1.807) is 10.6 Å². The molecule has 0 saturated carbocycles. The Kier molecular flexibility index (Phi) is 1.78. The highest BCUT2D eigenvalue weighted by Gasteiger charge is 2.10. The van der Waals surface area contributed by atoms with Crippen molar-refractivity contribution in [2.75, 3.05) is 11.5 Å². The van der Waals surface area contributed by atoms with Crippen molar-refractivity contribution in [3.8, 4) is 0 Å². The molecule has 0 saturated heterocycles. The quantitative estimate of drug-likeness (QED) is 0.572. The molecule has 2 aromatic heterocycles. The van der Waals surface area contributed by atoms with Crippen LogP contribution < -0.4 is 17.2 Å². The fourth-order valence-corrected chi connectivity index (χ4v) is 1.46. The smallest absolute Gasteiger partial charge is 0.182 e. The Morgan fingerprint density at radius 1 is 1.43 bits per heavy atom. The second-order valence-electron chi connectivity index (χ2n) is 3.08. The summed E-state index contributed by atoms with van der Waals surface area (Å²) < 4.78 is 1.71. The second-order valence-corrected chi connectivity index (χ2v) is 3.08. The van der Waals surface area contributed by atoms with Gasteiger partial charge in [0.15, 0.2) is 11.5 Å². The van der Waals surface area contributed by atoms with Gasteiger partial charge in [-0.15, -0.1) is 0 Å². The zero-order valence-corrected chi connectivity index (χ0v) is 7.86. The lowest BCUT2D eigenvalue weighted by Crippen LogP contribution is -2.08. The molecule has 0 fully saturated rings. The fourth-order valence-electron chi connectivity index (χ4n) is 1.46. The van der Waals surface area contributed by atoms with Gasteiger partial charge in [-0.2, -0.15) is 0 Å². The SMILES string of the molecule is Cc1nc(N)c2ncc(CN)c(N)n12. The molecular weight excluding hydrogens is 180 g/mol. The number of hydrogen-bond acceptors (Lipinski definition) is 5. The number of anilines is 2. The highest BCUT2D eigenvalue weighted by atomic mass is 15.2. The fraction of sp³-hybridized carbons (Fsp3) is 0.250. The lowest BCUT2D eigenvalue weighted by atomic mass is 10.3. The van der Waals surface area contributed by atoms with Gasteiger partial charge in [0.1, 0.15) is 11.6 Å². The van der Waals surface area contributed by atoms with Crippen LogP contribution in [0.3, 0.4) is 0 Å². The number of nitrogens with two attached hydrogens (primary N) is 3. The van der Waals surface area contributed by atoms with Gasteiger partial charge < -0.3 is 17.2 Å². The lowest BCUT2D eigenvalue weighted by molar-refractivity contribution is 0.975. The standard InChI is InChI=1S/C8H12N6/c1-4-13-6(10)8-12-3-5(2-9)7(11)14(4)8/h3H,2,9-11H2,1H3. The van der Waals surface area contributed by atoms with Crippen molar-refractivity contribution in [1.82, 2.24) is 14.4 Å². The molecule has 0 amide bonds. The van der Waals surface area contributed by atoms with Gasteiger partial charge in [-0.05, 0) is 6.92 Å². The molecule has 0 aliphatic rings. The molecule has 74 valence electrons. The number of aryl methyl sites for hydroxylation is 1. The first-order valence-electron chi connectivity index (χ1n) is 4.23. The van der Waals surface area contributed by atoms with E-state index in [4.69, 9.17) is 17.2 Å². The van der Waals surface area contributed by atoms with E-state index in [-0.39, 0.29) is 0 Å². The molecule has 0 spiro atoms. The van der Waals surface area contributed by atoms with E-state index in [9.17, 15) is 0 Å². The summed E-state index contributed by atoms with van der Waals surface area (Å²) in [5.41, 5.74) is 18.4. The van der Waals surface area contributed by atoms with E-state index in [1.807, 2.05) is 6.92 Å². The molecule has 0 atom stereocenters. The molecule has 2 rings (SSSR count). The Balaban J connectivity index is 2.87. The van der Waals surface area contributed by atoms with Crippen LogP contribution in [0.15, 0.2) is 6.20 Å².